The summed E-state index contributed by atoms with van der Waals surface area (Å²) in [7, 11) is 0. The minimum atomic E-state index is -0.622. The van der Waals surface area contributed by atoms with E-state index in [1.807, 2.05) is 19.3 Å². The van der Waals surface area contributed by atoms with E-state index in [0.717, 1.165) is 0 Å². The van der Waals surface area contributed by atoms with Gasteiger partial charge in [0.1, 0.15) is 0 Å². The van der Waals surface area contributed by atoms with Crippen LogP contribution in [0.15, 0.2) is 10.2 Å². The number of urea groups is 1. The third-order valence-electron chi connectivity index (χ3n) is 0.503. The molecule has 0 aliphatic heterocycles. The second-order valence-corrected chi connectivity index (χ2v) is 1.76. The molecule has 0 spiro atoms. The van der Waals surface area contributed by atoms with Crippen LogP contribution in [0.25, 0.3) is 0 Å². The number of nitrogens with two attached hydrogens (primary N) is 1. The molecule has 0 aromatic rings. The summed E-state index contributed by atoms with van der Waals surface area (Å²) in [6.45, 7) is 3.63. The minimum Gasteiger partial charge on any atom is -0.273 e. The Hall–Kier alpha value is -0.970. The maximum Gasteiger partial charge on any atom is 0.373 e. The second kappa shape index (κ2) is 3.96. The van der Waals surface area contributed by atoms with Crippen LogP contribution in [0.2, 0.25) is 0 Å². The van der Waals surface area contributed by atoms with E-state index in [1.54, 1.807) is 0 Å². The Balaban J connectivity index is 3.57. The number of carbonyl (C=O) groups excluding carboxylic acids is 1. The number of hydrogen-bond acceptors (Lipinski definition) is 3. The predicted molar refractivity (Wildman–Crippen MR) is 32.7 cm³/mol. The van der Waals surface area contributed by atoms with Gasteiger partial charge in [-0.25, -0.2) is 10.6 Å². The van der Waals surface area contributed by atoms with Gasteiger partial charge in [-0.05, 0) is 13.8 Å². The SMILES string of the molecule is CC(C)N=NC(=O)NN. The third kappa shape index (κ3) is 4.89. The van der Waals surface area contributed by atoms with Gasteiger partial charge in [-0.2, -0.15) is 5.11 Å². The van der Waals surface area contributed by atoms with Gasteiger partial charge < -0.3 is 0 Å². The molecule has 0 heterocycles. The van der Waals surface area contributed by atoms with Gasteiger partial charge in [0.05, 0.1) is 6.04 Å². The molecule has 0 bridgehead atoms. The van der Waals surface area contributed by atoms with E-state index in [4.69, 9.17) is 5.84 Å². The van der Waals surface area contributed by atoms with Crippen LogP contribution in [0.5, 0.6) is 0 Å². The molecule has 2 amide bonds. The highest BCUT2D eigenvalue weighted by Gasteiger charge is 1.91. The number of azo groups is 1. The first kappa shape index (κ1) is 8.03. The van der Waals surface area contributed by atoms with E-state index in [0.29, 0.717) is 0 Å². The van der Waals surface area contributed by atoms with Crippen molar-refractivity contribution in [2.45, 2.75) is 19.9 Å². The van der Waals surface area contributed by atoms with Gasteiger partial charge in [-0.15, -0.1) is 0 Å². The van der Waals surface area contributed by atoms with E-state index in [2.05, 4.69) is 10.2 Å². The van der Waals surface area contributed by atoms with Gasteiger partial charge in [0, 0.05) is 0 Å². The van der Waals surface area contributed by atoms with Crippen LogP contribution < -0.4 is 11.3 Å². The average molecular weight is 130 g/mol. The fourth-order valence-electron chi connectivity index (χ4n) is 0.197. The minimum absolute atomic E-state index is 0.0299. The molecule has 0 aromatic carbocycles. The van der Waals surface area contributed by atoms with Crippen LogP contribution in [0, 0.1) is 0 Å². The fourth-order valence-corrected chi connectivity index (χ4v) is 0.197. The van der Waals surface area contributed by atoms with Crippen LogP contribution in [-0.4, -0.2) is 12.1 Å². The van der Waals surface area contributed by atoms with Crippen LogP contribution in [0.4, 0.5) is 4.79 Å². The van der Waals surface area contributed by atoms with Crippen molar-refractivity contribution in [3.05, 3.63) is 0 Å². The molecule has 0 atom stereocenters. The molecule has 0 saturated carbocycles. The quantitative estimate of drug-likeness (QED) is 0.233. The van der Waals surface area contributed by atoms with Crippen LogP contribution in [0.3, 0.4) is 0 Å². The van der Waals surface area contributed by atoms with Crippen LogP contribution >= 0.6 is 0 Å². The second-order valence-electron chi connectivity index (χ2n) is 1.76. The van der Waals surface area contributed by atoms with Crippen molar-refractivity contribution in [2.75, 3.05) is 0 Å². The fraction of sp³-hybridized carbons (Fsp3) is 0.750. The van der Waals surface area contributed by atoms with E-state index >= 15 is 0 Å². The monoisotopic (exact) mass is 130 g/mol. The highest BCUT2D eigenvalue weighted by Crippen LogP contribution is 1.86. The zero-order chi connectivity index (χ0) is 7.28. The number of nitrogens with one attached hydrogen (secondary N) is 1. The lowest BCUT2D eigenvalue weighted by Gasteiger charge is -1.90. The number of hydrogen-bond donors (Lipinski definition) is 2. The summed E-state index contributed by atoms with van der Waals surface area (Å²) in [5.41, 5.74) is 1.82. The Morgan fingerprint density at radius 1 is 1.67 bits per heavy atom. The Bertz CT molecular complexity index is 120. The Morgan fingerprint density at radius 3 is 2.56 bits per heavy atom. The average Bonchev–Trinajstić information content (AvgIpc) is 1.83. The first-order chi connectivity index (χ1) is 4.16. The number of rotatable bonds is 1. The highest BCUT2D eigenvalue weighted by atomic mass is 16.2. The van der Waals surface area contributed by atoms with Gasteiger partial charge in [0.15, 0.2) is 0 Å². The largest absolute Gasteiger partial charge is 0.373 e. The maximum absolute atomic E-state index is 10.2. The number of amides is 2. The zero-order valence-corrected chi connectivity index (χ0v) is 5.46. The van der Waals surface area contributed by atoms with Crippen LogP contribution in [0.1, 0.15) is 13.8 Å². The molecule has 0 radical (unpaired) electrons. The summed E-state index contributed by atoms with van der Waals surface area (Å²) >= 11 is 0. The van der Waals surface area contributed by atoms with Crippen molar-refractivity contribution in [3.63, 3.8) is 0 Å². The van der Waals surface area contributed by atoms with Crippen LogP contribution in [-0.2, 0) is 0 Å². The Morgan fingerprint density at radius 2 is 2.22 bits per heavy atom. The van der Waals surface area contributed by atoms with E-state index in [9.17, 15) is 4.79 Å². The summed E-state index contributed by atoms with van der Waals surface area (Å²) in [6, 6.07) is -0.592. The van der Waals surface area contributed by atoms with Crippen molar-refractivity contribution < 1.29 is 4.79 Å². The van der Waals surface area contributed by atoms with Gasteiger partial charge in [-0.3, -0.25) is 5.43 Å². The molecule has 0 fully saturated rings. The summed E-state index contributed by atoms with van der Waals surface area (Å²) in [6.07, 6.45) is 0. The predicted octanol–water partition coefficient (Wildman–Crippen LogP) is 0.430. The molecule has 0 saturated heterocycles. The molecule has 9 heavy (non-hydrogen) atoms. The molecule has 0 unspecified atom stereocenters. The van der Waals surface area contributed by atoms with E-state index < -0.39 is 6.03 Å². The van der Waals surface area contributed by atoms with Gasteiger partial charge in [0.2, 0.25) is 0 Å². The molecule has 0 aliphatic carbocycles. The lowest BCUT2D eigenvalue weighted by atomic mass is 10.4. The molecular formula is C4H10N4O. The van der Waals surface area contributed by atoms with E-state index in [-0.39, 0.29) is 6.04 Å². The van der Waals surface area contributed by atoms with Crippen molar-refractivity contribution in [3.8, 4) is 0 Å². The molecule has 0 aliphatic rings. The number of carbonyl (C=O) groups is 1. The summed E-state index contributed by atoms with van der Waals surface area (Å²) < 4.78 is 0. The molecule has 52 valence electrons. The molecular weight excluding hydrogens is 120 g/mol. The normalized spacial score (nSPS) is 10.7. The lowest BCUT2D eigenvalue weighted by molar-refractivity contribution is 0.247. The van der Waals surface area contributed by atoms with Crippen molar-refractivity contribution in [1.82, 2.24) is 5.43 Å². The molecule has 3 N–H and O–H groups in total. The number of hydrazine groups is 1. The molecule has 0 aromatic heterocycles. The first-order valence-corrected chi connectivity index (χ1v) is 2.58. The summed E-state index contributed by atoms with van der Waals surface area (Å²) in [5.74, 6) is 4.70. The van der Waals surface area contributed by atoms with Gasteiger partial charge >= 0.3 is 6.03 Å². The maximum atomic E-state index is 10.2. The third-order valence-corrected chi connectivity index (χ3v) is 0.503. The van der Waals surface area contributed by atoms with Gasteiger partial charge in [-0.1, -0.05) is 5.11 Å². The summed E-state index contributed by atoms with van der Waals surface area (Å²) in [4.78, 5) is 10.2. The number of nitrogens with zero attached hydrogens (tertiary/aromatic N) is 2. The molecule has 0 rings (SSSR count). The van der Waals surface area contributed by atoms with Crippen molar-refractivity contribution >= 4 is 6.03 Å². The Kier molecular flexibility index (Phi) is 3.54. The highest BCUT2D eigenvalue weighted by molar-refractivity contribution is 5.73. The van der Waals surface area contributed by atoms with E-state index in [1.165, 1.54) is 0 Å². The first-order valence-electron chi connectivity index (χ1n) is 2.58. The van der Waals surface area contributed by atoms with Crippen molar-refractivity contribution in [2.24, 2.45) is 16.1 Å². The standard InChI is InChI=1S/C4H10N4O/c1-3(2)7-8-4(9)6-5/h3H,5H2,1-2H3,(H,6,9). The zero-order valence-electron chi connectivity index (χ0n) is 5.46. The summed E-state index contributed by atoms with van der Waals surface area (Å²) in [5, 5.41) is 6.72. The molecule has 5 nitrogen and oxygen atoms in total. The molecule has 5 heteroatoms. The lowest BCUT2D eigenvalue weighted by Crippen LogP contribution is -2.26. The van der Waals surface area contributed by atoms with Crippen molar-refractivity contribution in [1.29, 1.82) is 0 Å². The smallest absolute Gasteiger partial charge is 0.273 e. The van der Waals surface area contributed by atoms with Gasteiger partial charge in [0.25, 0.3) is 0 Å². The Labute approximate surface area is 53.3 Å². The topological polar surface area (TPSA) is 79.8 Å².